The van der Waals surface area contributed by atoms with Gasteiger partial charge < -0.3 is 14.4 Å². The SMILES string of the molecule is FC(F)(F)Oc1ccc(OC2C=CC(C(F)(F)F)=CN2c2ccnnc2)c(Cl)c1. The van der Waals surface area contributed by atoms with E-state index in [2.05, 4.69) is 14.9 Å². The molecule has 29 heavy (non-hydrogen) atoms. The molecule has 0 spiro atoms. The average molecular weight is 438 g/mol. The summed E-state index contributed by atoms with van der Waals surface area (Å²) in [6.45, 7) is 0. The lowest BCUT2D eigenvalue weighted by molar-refractivity contribution is -0.274. The van der Waals surface area contributed by atoms with Crippen LogP contribution >= 0.6 is 11.6 Å². The van der Waals surface area contributed by atoms with Gasteiger partial charge in [0.05, 0.1) is 28.7 Å². The van der Waals surface area contributed by atoms with Crippen molar-refractivity contribution in [1.82, 2.24) is 10.2 Å². The largest absolute Gasteiger partial charge is 0.573 e. The van der Waals surface area contributed by atoms with Crippen molar-refractivity contribution in [2.75, 3.05) is 4.90 Å². The lowest BCUT2D eigenvalue weighted by Gasteiger charge is -2.32. The van der Waals surface area contributed by atoms with E-state index in [9.17, 15) is 26.3 Å². The van der Waals surface area contributed by atoms with Crippen LogP contribution in [0.3, 0.4) is 0 Å². The first-order chi connectivity index (χ1) is 13.5. The standard InChI is InChI=1S/C17H10ClF6N3O2/c18-13-7-12(29-17(22,23)24)2-3-14(13)28-15-4-1-10(16(19,20)21)9-27(15)11-5-6-25-26-8-11/h1-9,15H. The van der Waals surface area contributed by atoms with Crippen molar-refractivity contribution in [2.24, 2.45) is 0 Å². The summed E-state index contributed by atoms with van der Waals surface area (Å²) in [7, 11) is 0. The Morgan fingerprint density at radius 1 is 1.03 bits per heavy atom. The molecule has 0 amide bonds. The van der Waals surface area contributed by atoms with Gasteiger partial charge in [0.15, 0.2) is 6.23 Å². The fourth-order valence-electron chi connectivity index (χ4n) is 2.37. The van der Waals surface area contributed by atoms with Crippen molar-refractivity contribution < 1.29 is 35.8 Å². The highest BCUT2D eigenvalue weighted by Crippen LogP contribution is 2.36. The van der Waals surface area contributed by atoms with Gasteiger partial charge in [-0.1, -0.05) is 11.6 Å². The third-order valence-electron chi connectivity index (χ3n) is 3.57. The van der Waals surface area contributed by atoms with E-state index in [1.165, 1.54) is 18.5 Å². The molecule has 12 heteroatoms. The molecule has 3 rings (SSSR count). The van der Waals surface area contributed by atoms with Crippen molar-refractivity contribution in [3.8, 4) is 11.5 Å². The Kier molecular flexibility index (Phi) is 5.60. The van der Waals surface area contributed by atoms with Crippen molar-refractivity contribution in [3.63, 3.8) is 0 Å². The highest BCUT2D eigenvalue weighted by molar-refractivity contribution is 6.32. The molecular weight excluding hydrogens is 428 g/mol. The van der Waals surface area contributed by atoms with Crippen LogP contribution in [0.2, 0.25) is 5.02 Å². The molecule has 0 bridgehead atoms. The van der Waals surface area contributed by atoms with Crippen LogP contribution in [0.25, 0.3) is 0 Å². The number of ether oxygens (including phenoxy) is 2. The van der Waals surface area contributed by atoms with E-state index in [0.29, 0.717) is 0 Å². The zero-order valence-electron chi connectivity index (χ0n) is 14.1. The van der Waals surface area contributed by atoms with Gasteiger partial charge in [-0.3, -0.25) is 0 Å². The number of halogens is 7. The molecule has 1 aromatic heterocycles. The maximum atomic E-state index is 13.1. The van der Waals surface area contributed by atoms with Gasteiger partial charge in [0.25, 0.3) is 0 Å². The van der Waals surface area contributed by atoms with Gasteiger partial charge in [0, 0.05) is 12.3 Å². The number of hydrogen-bond acceptors (Lipinski definition) is 5. The number of benzene rings is 1. The Bertz CT molecular complexity index is 931. The van der Waals surface area contributed by atoms with Crippen LogP contribution < -0.4 is 14.4 Å². The second-order valence-electron chi connectivity index (χ2n) is 5.60. The number of rotatable bonds is 4. The third-order valence-corrected chi connectivity index (χ3v) is 3.87. The van der Waals surface area contributed by atoms with Gasteiger partial charge in [-0.2, -0.15) is 23.4 Å². The van der Waals surface area contributed by atoms with Gasteiger partial charge in [-0.05, 0) is 30.4 Å². The summed E-state index contributed by atoms with van der Waals surface area (Å²) in [5, 5.41) is 6.96. The topological polar surface area (TPSA) is 47.5 Å². The average Bonchev–Trinajstić information content (AvgIpc) is 2.63. The Morgan fingerprint density at radius 3 is 2.38 bits per heavy atom. The van der Waals surface area contributed by atoms with Gasteiger partial charge in [-0.15, -0.1) is 13.2 Å². The van der Waals surface area contributed by atoms with Crippen LogP contribution in [0, 0.1) is 0 Å². The number of anilines is 1. The number of nitrogens with zero attached hydrogens (tertiary/aromatic N) is 3. The predicted molar refractivity (Wildman–Crippen MR) is 90.3 cm³/mol. The molecule has 2 heterocycles. The monoisotopic (exact) mass is 437 g/mol. The molecule has 0 N–H and O–H groups in total. The van der Waals surface area contributed by atoms with Crippen LogP contribution in [0.4, 0.5) is 32.0 Å². The molecule has 0 fully saturated rings. The van der Waals surface area contributed by atoms with Crippen LogP contribution in [0.15, 0.2) is 60.6 Å². The van der Waals surface area contributed by atoms with Crippen molar-refractivity contribution in [2.45, 2.75) is 18.8 Å². The first-order valence-corrected chi connectivity index (χ1v) is 8.15. The molecule has 1 aliphatic heterocycles. The van der Waals surface area contributed by atoms with Crippen LogP contribution in [0.1, 0.15) is 0 Å². The van der Waals surface area contributed by atoms with Crippen molar-refractivity contribution >= 4 is 17.3 Å². The van der Waals surface area contributed by atoms with Crippen LogP contribution in [-0.4, -0.2) is 29.0 Å². The second-order valence-corrected chi connectivity index (χ2v) is 6.00. The minimum Gasteiger partial charge on any atom is -0.465 e. The lowest BCUT2D eigenvalue weighted by atomic mass is 10.1. The summed E-state index contributed by atoms with van der Waals surface area (Å²) in [6.07, 6.45) is -5.32. The molecule has 1 atom stereocenters. The minimum atomic E-state index is -4.90. The highest BCUT2D eigenvalue weighted by Gasteiger charge is 2.36. The molecule has 0 aliphatic carbocycles. The maximum absolute atomic E-state index is 13.1. The molecule has 1 aromatic carbocycles. The number of hydrogen-bond donors (Lipinski definition) is 0. The van der Waals surface area contributed by atoms with E-state index in [4.69, 9.17) is 16.3 Å². The zero-order chi connectivity index (χ0) is 21.2. The maximum Gasteiger partial charge on any atom is 0.573 e. The summed E-state index contributed by atoms with van der Waals surface area (Å²) in [6, 6.07) is 4.38. The predicted octanol–water partition coefficient (Wildman–Crippen LogP) is 5.26. The molecular formula is C17H10ClF6N3O2. The molecule has 1 aliphatic rings. The van der Waals surface area contributed by atoms with Gasteiger partial charge >= 0.3 is 12.5 Å². The zero-order valence-corrected chi connectivity index (χ0v) is 14.8. The van der Waals surface area contributed by atoms with Crippen molar-refractivity contribution in [1.29, 1.82) is 0 Å². The fraction of sp³-hybridized carbons (Fsp3) is 0.176. The van der Waals surface area contributed by atoms with E-state index in [1.54, 1.807) is 0 Å². The Hall–Kier alpha value is -2.95. The Labute approximate surface area is 164 Å². The Morgan fingerprint density at radius 2 is 1.79 bits per heavy atom. The molecule has 5 nitrogen and oxygen atoms in total. The van der Waals surface area contributed by atoms with E-state index in [-0.39, 0.29) is 16.5 Å². The van der Waals surface area contributed by atoms with Crippen molar-refractivity contribution in [3.05, 3.63) is 65.6 Å². The fourth-order valence-corrected chi connectivity index (χ4v) is 2.59. The quantitative estimate of drug-likeness (QED) is 0.611. The molecule has 1 unspecified atom stereocenters. The number of alkyl halides is 6. The number of allylic oxidation sites excluding steroid dienone is 2. The van der Waals surface area contributed by atoms with E-state index in [0.717, 1.165) is 41.5 Å². The summed E-state index contributed by atoms with van der Waals surface area (Å²) >= 11 is 5.94. The van der Waals surface area contributed by atoms with Crippen LogP contribution in [0.5, 0.6) is 11.5 Å². The molecule has 0 saturated heterocycles. The van der Waals surface area contributed by atoms with Gasteiger partial charge in [0.2, 0.25) is 0 Å². The number of aromatic nitrogens is 2. The lowest BCUT2D eigenvalue weighted by Crippen LogP contribution is -2.37. The van der Waals surface area contributed by atoms with E-state index in [1.807, 2.05) is 0 Å². The van der Waals surface area contributed by atoms with Crippen LogP contribution in [-0.2, 0) is 0 Å². The molecule has 154 valence electrons. The summed E-state index contributed by atoms with van der Waals surface area (Å²) in [5.74, 6) is -0.629. The smallest absolute Gasteiger partial charge is 0.465 e. The van der Waals surface area contributed by atoms with E-state index < -0.39 is 30.1 Å². The highest BCUT2D eigenvalue weighted by atomic mass is 35.5. The Balaban J connectivity index is 1.88. The molecule has 0 saturated carbocycles. The normalized spacial score (nSPS) is 17.1. The summed E-state index contributed by atoms with van der Waals surface area (Å²) in [4.78, 5) is 1.13. The first-order valence-electron chi connectivity index (χ1n) is 7.77. The van der Waals surface area contributed by atoms with E-state index >= 15 is 0 Å². The van der Waals surface area contributed by atoms with Gasteiger partial charge in [-0.25, -0.2) is 0 Å². The minimum absolute atomic E-state index is 0.0632. The summed E-state index contributed by atoms with van der Waals surface area (Å²) in [5.41, 5.74) is -0.696. The molecule has 2 aromatic rings. The first kappa shape index (κ1) is 20.8. The van der Waals surface area contributed by atoms with Gasteiger partial charge in [0.1, 0.15) is 11.5 Å². The molecule has 0 radical (unpaired) electrons. The third kappa shape index (κ3) is 5.31. The second kappa shape index (κ2) is 7.82. The summed E-state index contributed by atoms with van der Waals surface area (Å²) < 4.78 is 85.5.